The number of anilines is 1. The van der Waals surface area contributed by atoms with Gasteiger partial charge in [0.1, 0.15) is 11.1 Å². The van der Waals surface area contributed by atoms with Gasteiger partial charge in [0.05, 0.1) is 27.9 Å². The molecule has 2 aromatic heterocycles. The molecule has 1 aromatic carbocycles. The predicted molar refractivity (Wildman–Crippen MR) is 152 cm³/mol. The molecule has 0 spiro atoms. The van der Waals surface area contributed by atoms with Gasteiger partial charge in [-0.15, -0.1) is 21.5 Å². The number of hydrogen-bond acceptors (Lipinski definition) is 7. The molecule has 0 saturated heterocycles. The summed E-state index contributed by atoms with van der Waals surface area (Å²) >= 11 is 15.0. The summed E-state index contributed by atoms with van der Waals surface area (Å²) in [5, 5.41) is 26.2. The first-order valence-corrected chi connectivity index (χ1v) is 15.0. The van der Waals surface area contributed by atoms with E-state index in [-0.39, 0.29) is 28.5 Å². The first kappa shape index (κ1) is 28.4. The molecule has 0 unspecified atom stereocenters. The third kappa shape index (κ3) is 6.18. The lowest BCUT2D eigenvalue weighted by atomic mass is 9.96. The third-order valence-corrected chi connectivity index (χ3v) is 9.06. The van der Waals surface area contributed by atoms with E-state index < -0.39 is 6.04 Å². The fraction of sp³-hybridized carbons (Fsp3) is 0.423. The number of aryl methyl sites for hydroxylation is 1. The van der Waals surface area contributed by atoms with Crippen molar-refractivity contribution < 1.29 is 9.59 Å². The molecule has 8 nitrogen and oxygen atoms in total. The number of aromatic nitrogens is 3. The zero-order valence-corrected chi connectivity index (χ0v) is 24.5. The van der Waals surface area contributed by atoms with E-state index in [1.165, 1.54) is 34.0 Å². The minimum absolute atomic E-state index is 0.00920. The smallest absolute Gasteiger partial charge is 0.253 e. The van der Waals surface area contributed by atoms with Crippen molar-refractivity contribution in [2.24, 2.45) is 5.92 Å². The Morgan fingerprint density at radius 2 is 2.00 bits per heavy atom. The lowest BCUT2D eigenvalue weighted by Crippen LogP contribution is -2.34. The van der Waals surface area contributed by atoms with Crippen LogP contribution in [0.5, 0.6) is 0 Å². The standard InChI is InChI=1S/C26H28Cl2N6O2S2/c1-4-34-23(22(14(2)3)31-24(36)17-10-9-15(27)11-19(17)28)32-33-26(34)37-13-21(35)30-25-18(12-29)16-7-5-6-8-20(16)38-25/h9-11,14,22H,4-8,13H2,1-3H3,(H,30,35)(H,31,36)/t22-/m0/s1. The summed E-state index contributed by atoms with van der Waals surface area (Å²) in [7, 11) is 0. The number of nitrogens with zero attached hydrogens (tertiary/aromatic N) is 4. The summed E-state index contributed by atoms with van der Waals surface area (Å²) in [6.07, 6.45) is 4.03. The van der Waals surface area contributed by atoms with Crippen LogP contribution in [0.2, 0.25) is 10.0 Å². The summed E-state index contributed by atoms with van der Waals surface area (Å²) < 4.78 is 1.90. The molecule has 2 N–H and O–H groups in total. The molecule has 4 rings (SSSR count). The first-order chi connectivity index (χ1) is 18.2. The van der Waals surface area contributed by atoms with Gasteiger partial charge in [-0.05, 0) is 62.3 Å². The number of nitrogens with one attached hydrogen (secondary N) is 2. The van der Waals surface area contributed by atoms with Gasteiger partial charge < -0.3 is 15.2 Å². The summed E-state index contributed by atoms with van der Waals surface area (Å²) in [4.78, 5) is 27.0. The number of halogens is 2. The number of fused-ring (bicyclic) bond motifs is 1. The molecule has 200 valence electrons. The molecule has 1 atom stereocenters. The van der Waals surface area contributed by atoms with E-state index in [1.807, 2.05) is 25.3 Å². The van der Waals surface area contributed by atoms with E-state index in [0.717, 1.165) is 31.2 Å². The Morgan fingerprint density at radius 3 is 2.68 bits per heavy atom. The van der Waals surface area contributed by atoms with E-state index >= 15 is 0 Å². The zero-order chi connectivity index (χ0) is 27.4. The van der Waals surface area contributed by atoms with Crippen LogP contribution in [0.1, 0.15) is 71.8 Å². The van der Waals surface area contributed by atoms with Crippen molar-refractivity contribution in [1.82, 2.24) is 20.1 Å². The monoisotopic (exact) mass is 590 g/mol. The molecular weight excluding hydrogens is 563 g/mol. The number of amides is 2. The number of thioether (sulfide) groups is 1. The van der Waals surface area contributed by atoms with Crippen LogP contribution in [-0.4, -0.2) is 32.3 Å². The van der Waals surface area contributed by atoms with Crippen LogP contribution in [0.3, 0.4) is 0 Å². The average molecular weight is 592 g/mol. The highest BCUT2D eigenvalue weighted by molar-refractivity contribution is 7.99. The molecule has 12 heteroatoms. The van der Waals surface area contributed by atoms with Crippen molar-refractivity contribution in [3.8, 4) is 6.07 Å². The minimum Gasteiger partial charge on any atom is -0.342 e. The Hall–Kier alpha value is -2.58. The Kier molecular flexibility index (Phi) is 9.36. The number of benzene rings is 1. The fourth-order valence-electron chi connectivity index (χ4n) is 4.42. The molecule has 38 heavy (non-hydrogen) atoms. The largest absolute Gasteiger partial charge is 0.342 e. The molecule has 1 aliphatic carbocycles. The maximum absolute atomic E-state index is 13.0. The molecule has 0 radical (unpaired) electrons. The van der Waals surface area contributed by atoms with Crippen LogP contribution in [0.15, 0.2) is 23.4 Å². The summed E-state index contributed by atoms with van der Waals surface area (Å²) in [6.45, 7) is 6.48. The van der Waals surface area contributed by atoms with Gasteiger partial charge in [-0.3, -0.25) is 9.59 Å². The topological polar surface area (TPSA) is 113 Å². The van der Waals surface area contributed by atoms with E-state index in [0.29, 0.717) is 38.7 Å². The van der Waals surface area contributed by atoms with Crippen molar-refractivity contribution >= 4 is 63.1 Å². The highest BCUT2D eigenvalue weighted by Crippen LogP contribution is 2.37. The number of thiophene rings is 1. The van der Waals surface area contributed by atoms with Gasteiger partial charge in [-0.1, -0.05) is 48.8 Å². The Bertz CT molecular complexity index is 1400. The Labute approximate surface area is 240 Å². The molecule has 3 aromatic rings. The molecule has 0 aliphatic heterocycles. The quantitative estimate of drug-likeness (QED) is 0.284. The van der Waals surface area contributed by atoms with Crippen molar-refractivity contribution in [3.63, 3.8) is 0 Å². The number of carbonyl (C=O) groups excluding carboxylic acids is 2. The lowest BCUT2D eigenvalue weighted by Gasteiger charge is -2.22. The second-order valence-corrected chi connectivity index (χ2v) is 12.2. The van der Waals surface area contributed by atoms with E-state index in [9.17, 15) is 14.9 Å². The molecule has 0 saturated carbocycles. The van der Waals surface area contributed by atoms with E-state index in [4.69, 9.17) is 23.2 Å². The van der Waals surface area contributed by atoms with Gasteiger partial charge in [-0.2, -0.15) is 5.26 Å². The van der Waals surface area contributed by atoms with Crippen molar-refractivity contribution in [1.29, 1.82) is 5.26 Å². The molecule has 1 aliphatic rings. The lowest BCUT2D eigenvalue weighted by molar-refractivity contribution is -0.113. The summed E-state index contributed by atoms with van der Waals surface area (Å²) in [5.74, 6) is 0.182. The molecule has 0 bridgehead atoms. The predicted octanol–water partition coefficient (Wildman–Crippen LogP) is 6.27. The van der Waals surface area contributed by atoms with Gasteiger partial charge in [0, 0.05) is 16.4 Å². The summed E-state index contributed by atoms with van der Waals surface area (Å²) in [5.41, 5.74) is 2.00. The van der Waals surface area contributed by atoms with E-state index in [2.05, 4.69) is 26.9 Å². The SMILES string of the molecule is CCn1c(SCC(=O)Nc2sc3c(c2C#N)CCCC3)nnc1[C@@H](NC(=O)c1ccc(Cl)cc1Cl)C(C)C. The average Bonchev–Trinajstić information content (AvgIpc) is 3.45. The number of rotatable bonds is 9. The Morgan fingerprint density at radius 1 is 1.24 bits per heavy atom. The highest BCUT2D eigenvalue weighted by Gasteiger charge is 2.27. The molecular formula is C26H28Cl2N6O2S2. The molecule has 0 fully saturated rings. The van der Waals surface area contributed by atoms with Crippen LogP contribution in [0.4, 0.5) is 5.00 Å². The second kappa shape index (κ2) is 12.5. The van der Waals surface area contributed by atoms with Gasteiger partial charge in [-0.25, -0.2) is 0 Å². The molecule has 2 amide bonds. The van der Waals surface area contributed by atoms with Crippen LogP contribution in [0, 0.1) is 17.2 Å². The van der Waals surface area contributed by atoms with E-state index in [1.54, 1.807) is 12.1 Å². The maximum atomic E-state index is 13.0. The second-order valence-electron chi connectivity index (χ2n) is 9.27. The fourth-order valence-corrected chi connectivity index (χ4v) is 6.98. The van der Waals surface area contributed by atoms with Gasteiger partial charge in [0.2, 0.25) is 5.91 Å². The van der Waals surface area contributed by atoms with Crippen molar-refractivity contribution in [3.05, 3.63) is 55.6 Å². The van der Waals surface area contributed by atoms with Gasteiger partial charge in [0.15, 0.2) is 11.0 Å². The van der Waals surface area contributed by atoms with Crippen LogP contribution in [0.25, 0.3) is 0 Å². The summed E-state index contributed by atoms with van der Waals surface area (Å²) in [6, 6.07) is 6.58. The van der Waals surface area contributed by atoms with Crippen LogP contribution in [-0.2, 0) is 24.2 Å². The normalized spacial score (nSPS) is 13.6. The van der Waals surface area contributed by atoms with Crippen LogP contribution < -0.4 is 10.6 Å². The van der Waals surface area contributed by atoms with Crippen molar-refractivity contribution in [2.75, 3.05) is 11.1 Å². The van der Waals surface area contributed by atoms with Crippen molar-refractivity contribution in [2.45, 2.75) is 64.2 Å². The molecule has 2 heterocycles. The number of carbonyl (C=O) groups is 2. The first-order valence-electron chi connectivity index (χ1n) is 12.4. The van der Waals surface area contributed by atoms with Gasteiger partial charge >= 0.3 is 0 Å². The number of hydrogen-bond donors (Lipinski definition) is 2. The zero-order valence-electron chi connectivity index (χ0n) is 21.3. The van der Waals surface area contributed by atoms with Gasteiger partial charge in [0.25, 0.3) is 5.91 Å². The Balaban J connectivity index is 1.46. The third-order valence-electron chi connectivity index (χ3n) is 6.34. The maximum Gasteiger partial charge on any atom is 0.253 e. The van der Waals surface area contributed by atoms with Crippen LogP contribution >= 0.6 is 46.3 Å². The highest BCUT2D eigenvalue weighted by atomic mass is 35.5. The number of nitriles is 1. The minimum atomic E-state index is -0.430.